The van der Waals surface area contributed by atoms with Crippen LogP contribution in [0.4, 0.5) is 0 Å². The van der Waals surface area contributed by atoms with Crippen molar-refractivity contribution in [3.05, 3.63) is 40.5 Å². The quantitative estimate of drug-likeness (QED) is 0.541. The van der Waals surface area contributed by atoms with Crippen molar-refractivity contribution < 1.29 is 28.5 Å². The first-order valence-corrected chi connectivity index (χ1v) is 8.84. The van der Waals surface area contributed by atoms with Crippen molar-refractivity contribution in [2.24, 2.45) is 5.73 Å². The Morgan fingerprint density at radius 2 is 1.93 bits per heavy atom. The van der Waals surface area contributed by atoms with E-state index in [0.717, 1.165) is 0 Å². The number of halogens is 1. The fourth-order valence-electron chi connectivity index (χ4n) is 3.01. The van der Waals surface area contributed by atoms with E-state index < -0.39 is 11.9 Å². The lowest BCUT2D eigenvalue weighted by Crippen LogP contribution is -2.27. The molecule has 28 heavy (non-hydrogen) atoms. The standard InChI is InChI=1S/C19H21ClN2O6/c1-5-27-19(23)15-13(8-20)28-18(22)11(9-21)14(15)10-6-7-12(24-2)17(26-4)16(10)25-3/h6-7,14H,5,8,22H2,1-4H3/t14-/m0/s1. The number of carbonyl (C=O) groups excluding carboxylic acids is 1. The van der Waals surface area contributed by atoms with Crippen LogP contribution in [0.3, 0.4) is 0 Å². The number of nitrogens with two attached hydrogens (primary N) is 1. The molecule has 2 N–H and O–H groups in total. The third-order valence-electron chi connectivity index (χ3n) is 4.16. The highest BCUT2D eigenvalue weighted by Gasteiger charge is 2.39. The molecule has 8 nitrogen and oxygen atoms in total. The Bertz CT molecular complexity index is 872. The summed E-state index contributed by atoms with van der Waals surface area (Å²) in [6, 6.07) is 5.31. The molecular formula is C19H21ClN2O6. The molecule has 0 saturated carbocycles. The van der Waals surface area contributed by atoms with Gasteiger partial charge in [-0.1, -0.05) is 6.07 Å². The van der Waals surface area contributed by atoms with Crippen molar-refractivity contribution >= 4 is 17.6 Å². The molecule has 1 aliphatic heterocycles. The molecular weight excluding hydrogens is 388 g/mol. The highest BCUT2D eigenvalue weighted by Crippen LogP contribution is 2.48. The van der Waals surface area contributed by atoms with Gasteiger partial charge in [-0.25, -0.2) is 4.79 Å². The molecule has 0 bridgehead atoms. The summed E-state index contributed by atoms with van der Waals surface area (Å²) in [6.45, 7) is 1.80. The van der Waals surface area contributed by atoms with Gasteiger partial charge in [0.15, 0.2) is 11.5 Å². The van der Waals surface area contributed by atoms with Crippen LogP contribution < -0.4 is 19.9 Å². The fraction of sp³-hybridized carbons (Fsp3) is 0.368. The molecule has 150 valence electrons. The summed E-state index contributed by atoms with van der Waals surface area (Å²) in [6.07, 6.45) is 0. The van der Waals surface area contributed by atoms with Crippen LogP contribution in [-0.2, 0) is 14.3 Å². The van der Waals surface area contributed by atoms with Gasteiger partial charge in [-0.3, -0.25) is 0 Å². The molecule has 0 radical (unpaired) electrons. The second kappa shape index (κ2) is 9.24. The SMILES string of the molecule is CCOC(=O)C1=C(CCl)OC(N)=C(C#N)[C@@H]1c1ccc(OC)c(OC)c1OC. The summed E-state index contributed by atoms with van der Waals surface area (Å²) in [5.74, 6) is -0.747. The van der Waals surface area contributed by atoms with E-state index in [4.69, 9.17) is 41.0 Å². The minimum Gasteiger partial charge on any atom is -0.493 e. The molecule has 0 aromatic heterocycles. The maximum Gasteiger partial charge on any atom is 0.338 e. The topological polar surface area (TPSA) is 113 Å². The van der Waals surface area contributed by atoms with Crippen LogP contribution in [0.25, 0.3) is 0 Å². The van der Waals surface area contributed by atoms with E-state index in [1.807, 2.05) is 6.07 Å². The molecule has 9 heteroatoms. The highest BCUT2D eigenvalue weighted by atomic mass is 35.5. The van der Waals surface area contributed by atoms with Crippen LogP contribution in [-0.4, -0.2) is 39.8 Å². The molecule has 0 fully saturated rings. The lowest BCUT2D eigenvalue weighted by atomic mass is 9.82. The lowest BCUT2D eigenvalue weighted by Gasteiger charge is -2.29. The number of nitrogens with zero attached hydrogens (tertiary/aromatic N) is 1. The van der Waals surface area contributed by atoms with E-state index in [1.54, 1.807) is 19.1 Å². The number of hydrogen-bond donors (Lipinski definition) is 1. The molecule has 1 aromatic carbocycles. The number of methoxy groups -OCH3 is 3. The van der Waals surface area contributed by atoms with Crippen LogP contribution in [0.2, 0.25) is 0 Å². The zero-order valence-corrected chi connectivity index (χ0v) is 16.8. The van der Waals surface area contributed by atoms with Gasteiger partial charge in [0.25, 0.3) is 0 Å². The first kappa shape index (κ1) is 21.3. The number of ether oxygens (including phenoxy) is 5. The molecule has 0 spiro atoms. The number of alkyl halides is 1. The molecule has 2 rings (SSSR count). The number of nitriles is 1. The van der Waals surface area contributed by atoms with Crippen molar-refractivity contribution in [3.8, 4) is 23.3 Å². The lowest BCUT2D eigenvalue weighted by molar-refractivity contribution is -0.139. The third kappa shape index (κ3) is 3.66. The Morgan fingerprint density at radius 3 is 2.43 bits per heavy atom. The summed E-state index contributed by atoms with van der Waals surface area (Å²) >= 11 is 5.98. The molecule has 1 heterocycles. The van der Waals surface area contributed by atoms with Gasteiger partial charge in [-0.05, 0) is 13.0 Å². The van der Waals surface area contributed by atoms with Gasteiger partial charge in [0.1, 0.15) is 17.4 Å². The second-order valence-electron chi connectivity index (χ2n) is 5.54. The maximum absolute atomic E-state index is 12.7. The van der Waals surface area contributed by atoms with Gasteiger partial charge in [-0.15, -0.1) is 11.6 Å². The molecule has 1 aromatic rings. The first-order chi connectivity index (χ1) is 13.5. The third-order valence-corrected chi connectivity index (χ3v) is 4.40. The molecule has 0 saturated heterocycles. The maximum atomic E-state index is 12.7. The summed E-state index contributed by atoms with van der Waals surface area (Å²) in [5, 5.41) is 9.70. The molecule has 1 atom stereocenters. The van der Waals surface area contributed by atoms with Crippen molar-refractivity contribution in [3.63, 3.8) is 0 Å². The summed E-state index contributed by atoms with van der Waals surface area (Å²) in [7, 11) is 4.38. The average Bonchev–Trinajstić information content (AvgIpc) is 2.71. The van der Waals surface area contributed by atoms with Crippen molar-refractivity contribution in [1.29, 1.82) is 5.26 Å². The molecule has 0 amide bonds. The normalized spacial score (nSPS) is 16.2. The minimum absolute atomic E-state index is 0.0300. The van der Waals surface area contributed by atoms with Gasteiger partial charge in [0, 0.05) is 5.56 Å². The van der Waals surface area contributed by atoms with E-state index in [-0.39, 0.29) is 41.0 Å². The van der Waals surface area contributed by atoms with Gasteiger partial charge in [0.2, 0.25) is 11.6 Å². The van der Waals surface area contributed by atoms with Crippen LogP contribution in [0.5, 0.6) is 17.2 Å². The second-order valence-corrected chi connectivity index (χ2v) is 5.81. The van der Waals surface area contributed by atoms with Crippen molar-refractivity contribution in [2.45, 2.75) is 12.8 Å². The largest absolute Gasteiger partial charge is 0.493 e. The van der Waals surface area contributed by atoms with Crippen LogP contribution in [0.15, 0.2) is 34.9 Å². The predicted octanol–water partition coefficient (Wildman–Crippen LogP) is 2.58. The summed E-state index contributed by atoms with van der Waals surface area (Å²) in [4.78, 5) is 12.7. The Kier molecular flexibility index (Phi) is 7.01. The van der Waals surface area contributed by atoms with Crippen LogP contribution in [0, 0.1) is 11.3 Å². The molecule has 0 aliphatic carbocycles. The van der Waals surface area contributed by atoms with Crippen molar-refractivity contribution in [1.82, 2.24) is 0 Å². The average molecular weight is 409 g/mol. The first-order valence-electron chi connectivity index (χ1n) is 8.31. The number of esters is 1. The number of carbonyl (C=O) groups is 1. The van der Waals surface area contributed by atoms with Gasteiger partial charge < -0.3 is 29.4 Å². The zero-order valence-electron chi connectivity index (χ0n) is 16.0. The Hall–Kier alpha value is -3.05. The number of rotatable bonds is 7. The number of allylic oxidation sites excluding steroid dienone is 2. The monoisotopic (exact) mass is 408 g/mol. The highest BCUT2D eigenvalue weighted by molar-refractivity contribution is 6.19. The predicted molar refractivity (Wildman–Crippen MR) is 101 cm³/mol. The zero-order chi connectivity index (χ0) is 20.8. The van der Waals surface area contributed by atoms with Gasteiger partial charge in [0.05, 0.1) is 45.3 Å². The van der Waals surface area contributed by atoms with E-state index in [0.29, 0.717) is 17.1 Å². The Balaban J connectivity index is 2.83. The fourth-order valence-corrected chi connectivity index (χ4v) is 3.21. The van der Waals surface area contributed by atoms with E-state index in [2.05, 4.69) is 0 Å². The van der Waals surface area contributed by atoms with Crippen LogP contribution >= 0.6 is 11.6 Å². The molecule has 1 aliphatic rings. The van der Waals surface area contributed by atoms with E-state index in [9.17, 15) is 10.1 Å². The number of benzene rings is 1. The van der Waals surface area contributed by atoms with E-state index >= 15 is 0 Å². The smallest absolute Gasteiger partial charge is 0.338 e. The van der Waals surface area contributed by atoms with E-state index in [1.165, 1.54) is 21.3 Å². The summed E-state index contributed by atoms with van der Waals surface area (Å²) < 4.78 is 26.8. The minimum atomic E-state index is -0.915. The van der Waals surface area contributed by atoms with Crippen molar-refractivity contribution in [2.75, 3.05) is 33.8 Å². The summed E-state index contributed by atoms with van der Waals surface area (Å²) in [5.41, 5.74) is 6.49. The Labute approximate surface area is 168 Å². The molecule has 0 unspecified atom stereocenters. The Morgan fingerprint density at radius 1 is 1.25 bits per heavy atom. The van der Waals surface area contributed by atoms with Crippen LogP contribution in [0.1, 0.15) is 18.4 Å². The van der Waals surface area contributed by atoms with Gasteiger partial charge in [-0.2, -0.15) is 5.26 Å². The number of hydrogen-bond acceptors (Lipinski definition) is 8. The van der Waals surface area contributed by atoms with Gasteiger partial charge >= 0.3 is 5.97 Å².